The van der Waals surface area contributed by atoms with E-state index in [0.29, 0.717) is 11.6 Å². The first-order valence-corrected chi connectivity index (χ1v) is 6.82. The molecule has 0 saturated heterocycles. The van der Waals surface area contributed by atoms with Gasteiger partial charge in [-0.25, -0.2) is 4.68 Å². The summed E-state index contributed by atoms with van der Waals surface area (Å²) in [6.45, 7) is 9.00. The van der Waals surface area contributed by atoms with Gasteiger partial charge in [0, 0.05) is 6.54 Å². The number of nitrogens with one attached hydrogen (secondary N) is 1. The highest BCUT2D eigenvalue weighted by Gasteiger charge is 2.10. The van der Waals surface area contributed by atoms with E-state index in [1.165, 1.54) is 4.68 Å². The molecule has 0 aliphatic carbocycles. The van der Waals surface area contributed by atoms with Crippen LogP contribution in [0.5, 0.6) is 0 Å². The molecule has 0 atom stereocenters. The van der Waals surface area contributed by atoms with Gasteiger partial charge in [-0.3, -0.25) is 4.79 Å². The lowest BCUT2D eigenvalue weighted by atomic mass is 10.1. The monoisotopic (exact) mass is 271 g/mol. The third-order valence-electron chi connectivity index (χ3n) is 2.71. The molecule has 1 aromatic heterocycles. The summed E-state index contributed by atoms with van der Waals surface area (Å²) in [5.41, 5.74) is 0.392. The second kappa shape index (κ2) is 6.78. The zero-order chi connectivity index (χ0) is 13.7. The Hall–Kier alpha value is -1.03. The van der Waals surface area contributed by atoms with Gasteiger partial charge in [-0.05, 0) is 32.6 Å². The van der Waals surface area contributed by atoms with Crippen LogP contribution in [-0.2, 0) is 0 Å². The van der Waals surface area contributed by atoms with E-state index < -0.39 is 0 Å². The van der Waals surface area contributed by atoms with Crippen molar-refractivity contribution in [1.82, 2.24) is 9.78 Å². The standard InChI is InChI=1S/C13H22ClN3O/c1-9(2)6-5-7-15-11-8-16-17(10(3)4)13(18)12(11)14/h8-10,15H,5-7H2,1-4H3. The predicted molar refractivity (Wildman–Crippen MR) is 76.5 cm³/mol. The third kappa shape index (κ3) is 4.02. The average Bonchev–Trinajstić information content (AvgIpc) is 2.29. The van der Waals surface area contributed by atoms with Crippen molar-refractivity contribution in [3.63, 3.8) is 0 Å². The summed E-state index contributed by atoms with van der Waals surface area (Å²) >= 11 is 6.05. The number of nitrogens with zero attached hydrogens (tertiary/aromatic N) is 2. The second-order valence-corrected chi connectivity index (χ2v) is 5.56. The van der Waals surface area contributed by atoms with Gasteiger partial charge in [-0.1, -0.05) is 25.4 Å². The molecule has 0 radical (unpaired) electrons. The van der Waals surface area contributed by atoms with Crippen LogP contribution in [0.3, 0.4) is 0 Å². The lowest BCUT2D eigenvalue weighted by molar-refractivity contribution is 0.503. The summed E-state index contributed by atoms with van der Waals surface area (Å²) in [6.07, 6.45) is 3.83. The Balaban J connectivity index is 2.68. The van der Waals surface area contributed by atoms with Crippen LogP contribution in [-0.4, -0.2) is 16.3 Å². The molecule has 0 fully saturated rings. The summed E-state index contributed by atoms with van der Waals surface area (Å²) in [6, 6.07) is 0.0185. The Kier molecular flexibility index (Phi) is 5.66. The molecule has 1 rings (SSSR count). The molecule has 1 heterocycles. The Labute approximate surface area is 113 Å². The lowest BCUT2D eigenvalue weighted by Gasteiger charge is -2.12. The lowest BCUT2D eigenvalue weighted by Crippen LogP contribution is -2.25. The third-order valence-corrected chi connectivity index (χ3v) is 3.07. The van der Waals surface area contributed by atoms with Crippen LogP contribution in [0.25, 0.3) is 0 Å². The van der Waals surface area contributed by atoms with E-state index in [4.69, 9.17) is 11.6 Å². The molecule has 0 amide bonds. The van der Waals surface area contributed by atoms with Crippen molar-refractivity contribution in [3.05, 3.63) is 21.6 Å². The molecule has 1 aromatic rings. The van der Waals surface area contributed by atoms with Crippen molar-refractivity contribution in [2.75, 3.05) is 11.9 Å². The summed E-state index contributed by atoms with van der Waals surface area (Å²) in [7, 11) is 0. The molecule has 18 heavy (non-hydrogen) atoms. The predicted octanol–water partition coefficient (Wildman–Crippen LogP) is 3.33. The number of rotatable bonds is 6. The molecule has 1 N–H and O–H groups in total. The highest BCUT2D eigenvalue weighted by molar-refractivity contribution is 6.32. The minimum absolute atomic E-state index is 0.0185. The van der Waals surface area contributed by atoms with E-state index in [0.717, 1.165) is 19.4 Å². The van der Waals surface area contributed by atoms with Crippen molar-refractivity contribution in [2.24, 2.45) is 5.92 Å². The fourth-order valence-corrected chi connectivity index (χ4v) is 1.87. The van der Waals surface area contributed by atoms with Crippen LogP contribution < -0.4 is 10.9 Å². The molecule has 0 aromatic carbocycles. The number of halogens is 1. The summed E-state index contributed by atoms with van der Waals surface area (Å²) in [4.78, 5) is 11.9. The van der Waals surface area contributed by atoms with Crippen LogP contribution >= 0.6 is 11.6 Å². The van der Waals surface area contributed by atoms with Gasteiger partial charge in [0.15, 0.2) is 0 Å². The van der Waals surface area contributed by atoms with E-state index in [-0.39, 0.29) is 16.6 Å². The fraction of sp³-hybridized carbons (Fsp3) is 0.692. The van der Waals surface area contributed by atoms with Crippen molar-refractivity contribution < 1.29 is 0 Å². The van der Waals surface area contributed by atoms with Crippen molar-refractivity contribution in [3.8, 4) is 0 Å². The highest BCUT2D eigenvalue weighted by Crippen LogP contribution is 2.16. The first-order valence-electron chi connectivity index (χ1n) is 6.44. The molecular formula is C13H22ClN3O. The second-order valence-electron chi connectivity index (χ2n) is 5.18. The molecule has 0 aliphatic rings. The van der Waals surface area contributed by atoms with Crippen LogP contribution in [0.2, 0.25) is 5.02 Å². The molecular weight excluding hydrogens is 250 g/mol. The Morgan fingerprint density at radius 3 is 2.61 bits per heavy atom. The minimum atomic E-state index is -0.236. The molecule has 102 valence electrons. The minimum Gasteiger partial charge on any atom is -0.382 e. The van der Waals surface area contributed by atoms with Gasteiger partial charge in [0.25, 0.3) is 5.56 Å². The quantitative estimate of drug-likeness (QED) is 0.808. The van der Waals surface area contributed by atoms with Gasteiger partial charge < -0.3 is 5.32 Å². The maximum absolute atomic E-state index is 11.9. The Morgan fingerprint density at radius 2 is 2.06 bits per heavy atom. The van der Waals surface area contributed by atoms with Crippen LogP contribution in [0.1, 0.15) is 46.6 Å². The van der Waals surface area contributed by atoms with Gasteiger partial charge in [0.05, 0.1) is 17.9 Å². The van der Waals surface area contributed by atoms with Crippen molar-refractivity contribution in [2.45, 2.75) is 46.6 Å². The van der Waals surface area contributed by atoms with E-state index in [1.54, 1.807) is 6.20 Å². The van der Waals surface area contributed by atoms with Gasteiger partial charge in [0.2, 0.25) is 0 Å². The van der Waals surface area contributed by atoms with E-state index in [1.807, 2.05) is 13.8 Å². The molecule has 4 nitrogen and oxygen atoms in total. The van der Waals surface area contributed by atoms with Gasteiger partial charge in [-0.2, -0.15) is 5.10 Å². The van der Waals surface area contributed by atoms with Crippen LogP contribution in [0, 0.1) is 5.92 Å². The molecule has 0 aliphatic heterocycles. The molecule has 0 bridgehead atoms. The topological polar surface area (TPSA) is 46.9 Å². The maximum Gasteiger partial charge on any atom is 0.287 e. The number of hydrogen-bond acceptors (Lipinski definition) is 3. The largest absolute Gasteiger partial charge is 0.382 e. The van der Waals surface area contributed by atoms with Gasteiger partial charge in [0.1, 0.15) is 5.02 Å². The number of hydrogen-bond donors (Lipinski definition) is 1. The van der Waals surface area contributed by atoms with Crippen LogP contribution in [0.4, 0.5) is 5.69 Å². The summed E-state index contributed by atoms with van der Waals surface area (Å²) < 4.78 is 1.39. The van der Waals surface area contributed by atoms with E-state index >= 15 is 0 Å². The van der Waals surface area contributed by atoms with Gasteiger partial charge >= 0.3 is 0 Å². The Morgan fingerprint density at radius 1 is 1.39 bits per heavy atom. The Bertz CT molecular complexity index is 440. The molecule has 5 heteroatoms. The zero-order valence-corrected chi connectivity index (χ0v) is 12.3. The summed E-state index contributed by atoms with van der Waals surface area (Å²) in [5.74, 6) is 0.689. The van der Waals surface area contributed by atoms with Crippen molar-refractivity contribution in [1.29, 1.82) is 0 Å². The summed E-state index contributed by atoms with van der Waals surface area (Å²) in [5, 5.41) is 7.50. The first kappa shape index (κ1) is 15.0. The first-order chi connectivity index (χ1) is 8.43. The average molecular weight is 272 g/mol. The van der Waals surface area contributed by atoms with E-state index in [9.17, 15) is 4.79 Å². The zero-order valence-electron chi connectivity index (χ0n) is 11.5. The normalized spacial score (nSPS) is 11.3. The van der Waals surface area contributed by atoms with Gasteiger partial charge in [-0.15, -0.1) is 0 Å². The number of aromatic nitrogens is 2. The maximum atomic E-state index is 11.9. The van der Waals surface area contributed by atoms with E-state index in [2.05, 4.69) is 24.3 Å². The molecule has 0 saturated carbocycles. The highest BCUT2D eigenvalue weighted by atomic mass is 35.5. The van der Waals surface area contributed by atoms with Crippen molar-refractivity contribution >= 4 is 17.3 Å². The van der Waals surface area contributed by atoms with Crippen LogP contribution in [0.15, 0.2) is 11.0 Å². The molecule has 0 unspecified atom stereocenters. The SMILES string of the molecule is CC(C)CCCNc1cnn(C(C)C)c(=O)c1Cl. The molecule has 0 spiro atoms. The fourth-order valence-electron chi connectivity index (χ4n) is 1.67. The number of anilines is 1. The smallest absolute Gasteiger partial charge is 0.287 e.